The number of aliphatic carboxylic acids is 1. The van der Waals surface area contributed by atoms with Gasteiger partial charge in [-0.3, -0.25) is 4.79 Å². The third kappa shape index (κ3) is 3.78. The van der Waals surface area contributed by atoms with Gasteiger partial charge in [-0.15, -0.1) is 11.3 Å². The summed E-state index contributed by atoms with van der Waals surface area (Å²) in [5.41, 5.74) is 3.35. The predicted octanol–water partition coefficient (Wildman–Crippen LogP) is 4.63. The van der Waals surface area contributed by atoms with Gasteiger partial charge in [0.15, 0.2) is 5.13 Å². The Balaban J connectivity index is 1.94. The number of aromatic nitrogens is 1. The van der Waals surface area contributed by atoms with Crippen molar-refractivity contribution in [2.24, 2.45) is 0 Å². The molecule has 3 rings (SSSR count). The molecule has 1 heterocycles. The number of anilines is 2. The van der Waals surface area contributed by atoms with Gasteiger partial charge in [0, 0.05) is 16.1 Å². The highest BCUT2D eigenvalue weighted by Crippen LogP contribution is 2.33. The topological polar surface area (TPSA) is 62.2 Å². The van der Waals surface area contributed by atoms with E-state index in [0.29, 0.717) is 21.4 Å². The first-order chi connectivity index (χ1) is 11.5. The fourth-order valence-electron chi connectivity index (χ4n) is 2.26. The van der Waals surface area contributed by atoms with E-state index in [-0.39, 0.29) is 12.2 Å². The summed E-state index contributed by atoms with van der Waals surface area (Å²) in [4.78, 5) is 16.3. The number of aryl methyl sites for hydroxylation is 1. The van der Waals surface area contributed by atoms with Crippen LogP contribution in [-0.2, 0) is 11.2 Å². The Labute approximate surface area is 142 Å². The van der Waals surface area contributed by atoms with E-state index in [9.17, 15) is 9.18 Å². The number of nitrogens with one attached hydrogen (secondary N) is 1. The van der Waals surface area contributed by atoms with Gasteiger partial charge in [-0.25, -0.2) is 9.37 Å². The largest absolute Gasteiger partial charge is 0.481 e. The summed E-state index contributed by atoms with van der Waals surface area (Å²) in [6.45, 7) is 1.99. The van der Waals surface area contributed by atoms with E-state index in [4.69, 9.17) is 5.11 Å². The highest BCUT2D eigenvalue weighted by atomic mass is 32.1. The Morgan fingerprint density at radius 2 is 1.83 bits per heavy atom. The highest BCUT2D eigenvalue weighted by Gasteiger charge is 2.16. The van der Waals surface area contributed by atoms with E-state index in [1.165, 1.54) is 23.5 Å². The van der Waals surface area contributed by atoms with E-state index in [1.807, 2.05) is 31.2 Å². The molecule has 0 aliphatic heterocycles. The molecule has 4 nitrogen and oxygen atoms in total. The number of benzene rings is 2. The number of nitrogens with zero attached hydrogens (tertiary/aromatic N) is 1. The minimum Gasteiger partial charge on any atom is -0.481 e. The maximum atomic E-state index is 13.0. The summed E-state index contributed by atoms with van der Waals surface area (Å²) in [6.07, 6.45) is -0.0913. The first-order valence-corrected chi connectivity index (χ1v) is 8.14. The van der Waals surface area contributed by atoms with E-state index >= 15 is 0 Å². The fraction of sp³-hybridized carbons (Fsp3) is 0.111. The Bertz CT molecular complexity index is 858. The molecular formula is C18H15FN2O2S. The molecule has 6 heteroatoms. The molecule has 0 saturated heterocycles. The molecule has 0 amide bonds. The van der Waals surface area contributed by atoms with Crippen molar-refractivity contribution in [3.8, 4) is 11.3 Å². The second-order valence-electron chi connectivity index (χ2n) is 5.36. The zero-order chi connectivity index (χ0) is 17.1. The summed E-state index contributed by atoms with van der Waals surface area (Å²) >= 11 is 1.29. The van der Waals surface area contributed by atoms with E-state index in [0.717, 1.165) is 11.1 Å². The summed E-state index contributed by atoms with van der Waals surface area (Å²) in [5, 5.41) is 12.8. The molecule has 0 bridgehead atoms. The second-order valence-corrected chi connectivity index (χ2v) is 6.44. The molecular weight excluding hydrogens is 327 g/mol. The van der Waals surface area contributed by atoms with Gasteiger partial charge in [0.1, 0.15) is 5.82 Å². The third-order valence-electron chi connectivity index (χ3n) is 3.43. The Hall–Kier alpha value is -2.73. The molecule has 0 atom stereocenters. The van der Waals surface area contributed by atoms with Gasteiger partial charge in [-0.1, -0.05) is 29.8 Å². The lowest BCUT2D eigenvalue weighted by Crippen LogP contribution is -1.99. The maximum Gasteiger partial charge on any atom is 0.308 e. The number of carbonyl (C=O) groups is 1. The number of carboxylic acids is 1. The van der Waals surface area contributed by atoms with Crippen LogP contribution < -0.4 is 5.32 Å². The summed E-state index contributed by atoms with van der Waals surface area (Å²) in [5.74, 6) is -1.22. The molecule has 0 aliphatic rings. The predicted molar refractivity (Wildman–Crippen MR) is 93.3 cm³/mol. The van der Waals surface area contributed by atoms with Gasteiger partial charge in [0.05, 0.1) is 12.1 Å². The fourth-order valence-corrected chi connectivity index (χ4v) is 3.25. The summed E-state index contributed by atoms with van der Waals surface area (Å²) in [6, 6.07) is 13.7. The van der Waals surface area contributed by atoms with Gasteiger partial charge in [0.25, 0.3) is 0 Å². The van der Waals surface area contributed by atoms with Crippen molar-refractivity contribution in [2.45, 2.75) is 13.3 Å². The molecule has 0 saturated carbocycles. The van der Waals surface area contributed by atoms with Crippen molar-refractivity contribution in [1.29, 1.82) is 0 Å². The monoisotopic (exact) mass is 342 g/mol. The molecule has 0 spiro atoms. The molecule has 0 unspecified atom stereocenters. The van der Waals surface area contributed by atoms with Crippen molar-refractivity contribution < 1.29 is 14.3 Å². The van der Waals surface area contributed by atoms with Gasteiger partial charge >= 0.3 is 5.97 Å². The normalized spacial score (nSPS) is 10.6. The van der Waals surface area contributed by atoms with Gasteiger partial charge in [-0.2, -0.15) is 0 Å². The Kier molecular flexibility index (Phi) is 4.57. The average molecular weight is 342 g/mol. The van der Waals surface area contributed by atoms with Crippen LogP contribution in [0.4, 0.5) is 15.2 Å². The number of hydrogen-bond acceptors (Lipinski definition) is 4. The van der Waals surface area contributed by atoms with Crippen LogP contribution >= 0.6 is 11.3 Å². The lowest BCUT2D eigenvalue weighted by atomic mass is 10.1. The van der Waals surface area contributed by atoms with Gasteiger partial charge in [-0.05, 0) is 31.2 Å². The van der Waals surface area contributed by atoms with Crippen molar-refractivity contribution in [3.63, 3.8) is 0 Å². The zero-order valence-corrected chi connectivity index (χ0v) is 13.7. The third-order valence-corrected chi connectivity index (χ3v) is 4.40. The van der Waals surface area contributed by atoms with Crippen LogP contribution in [0.1, 0.15) is 10.4 Å². The SMILES string of the molecule is Cc1ccc(-c2nc(Nc3ccc(F)cc3)sc2CC(=O)O)cc1. The van der Waals surface area contributed by atoms with Crippen LogP contribution in [0, 0.1) is 12.7 Å². The molecule has 1 aromatic heterocycles. The zero-order valence-electron chi connectivity index (χ0n) is 12.9. The van der Waals surface area contributed by atoms with Gasteiger partial charge in [0.2, 0.25) is 0 Å². The second kappa shape index (κ2) is 6.80. The molecule has 0 fully saturated rings. The number of thiazole rings is 1. The van der Waals surface area contributed by atoms with E-state index in [1.54, 1.807) is 12.1 Å². The first kappa shape index (κ1) is 16.1. The number of halogens is 1. The van der Waals surface area contributed by atoms with E-state index < -0.39 is 5.97 Å². The number of rotatable bonds is 5. The van der Waals surface area contributed by atoms with Crippen LogP contribution in [0.25, 0.3) is 11.3 Å². The van der Waals surface area contributed by atoms with Crippen LogP contribution in [-0.4, -0.2) is 16.1 Å². The van der Waals surface area contributed by atoms with Crippen LogP contribution in [0.5, 0.6) is 0 Å². The highest BCUT2D eigenvalue weighted by molar-refractivity contribution is 7.16. The maximum absolute atomic E-state index is 13.0. The summed E-state index contributed by atoms with van der Waals surface area (Å²) < 4.78 is 13.0. The van der Waals surface area contributed by atoms with E-state index in [2.05, 4.69) is 10.3 Å². The molecule has 122 valence electrons. The van der Waals surface area contributed by atoms with Crippen LogP contribution in [0.2, 0.25) is 0 Å². The minimum atomic E-state index is -0.902. The number of carboxylic acid groups (broad SMARTS) is 1. The van der Waals surface area contributed by atoms with Crippen LogP contribution in [0.3, 0.4) is 0 Å². The average Bonchev–Trinajstić information content (AvgIpc) is 2.92. The summed E-state index contributed by atoms with van der Waals surface area (Å²) in [7, 11) is 0. The minimum absolute atomic E-state index is 0.0913. The molecule has 0 radical (unpaired) electrons. The standard InChI is InChI=1S/C18H15FN2O2S/c1-11-2-4-12(5-3-11)17-15(10-16(22)23)24-18(21-17)20-14-8-6-13(19)7-9-14/h2-9H,10H2,1H3,(H,20,21)(H,22,23). The number of hydrogen-bond donors (Lipinski definition) is 2. The van der Waals surface area contributed by atoms with Crippen molar-refractivity contribution in [1.82, 2.24) is 4.98 Å². The quantitative estimate of drug-likeness (QED) is 0.710. The Morgan fingerprint density at radius 1 is 1.17 bits per heavy atom. The molecule has 2 N–H and O–H groups in total. The van der Waals surface area contributed by atoms with Crippen molar-refractivity contribution in [2.75, 3.05) is 5.32 Å². The molecule has 2 aromatic carbocycles. The smallest absolute Gasteiger partial charge is 0.308 e. The lowest BCUT2D eigenvalue weighted by molar-refractivity contribution is -0.136. The van der Waals surface area contributed by atoms with Crippen molar-refractivity contribution >= 4 is 28.1 Å². The molecule has 0 aliphatic carbocycles. The first-order valence-electron chi connectivity index (χ1n) is 7.32. The lowest BCUT2D eigenvalue weighted by Gasteiger charge is -2.02. The Morgan fingerprint density at radius 3 is 2.46 bits per heavy atom. The molecule has 3 aromatic rings. The van der Waals surface area contributed by atoms with Crippen LogP contribution in [0.15, 0.2) is 48.5 Å². The van der Waals surface area contributed by atoms with Gasteiger partial charge < -0.3 is 10.4 Å². The molecule has 24 heavy (non-hydrogen) atoms. The van der Waals surface area contributed by atoms with Crippen molar-refractivity contribution in [3.05, 3.63) is 64.8 Å².